The number of urea groups is 1. The summed E-state index contributed by atoms with van der Waals surface area (Å²) in [6.07, 6.45) is 0.989. The summed E-state index contributed by atoms with van der Waals surface area (Å²) in [6, 6.07) is 3.04. The van der Waals surface area contributed by atoms with Gasteiger partial charge in [0.2, 0.25) is 0 Å². The second kappa shape index (κ2) is 6.29. The number of hydrogen-bond donors (Lipinski definition) is 2. The molecule has 1 aromatic heterocycles. The highest BCUT2D eigenvalue weighted by Gasteiger charge is 2.34. The smallest absolute Gasteiger partial charge is 0.327 e. The van der Waals surface area contributed by atoms with Crippen molar-refractivity contribution in [2.24, 2.45) is 0 Å². The summed E-state index contributed by atoms with van der Waals surface area (Å²) in [5, 5.41) is 11.8. The van der Waals surface area contributed by atoms with Gasteiger partial charge in [0.05, 0.1) is 12.4 Å². The van der Waals surface area contributed by atoms with Crippen LogP contribution in [0.4, 0.5) is 4.79 Å². The largest absolute Gasteiger partial charge is 0.480 e. The van der Waals surface area contributed by atoms with E-state index in [0.29, 0.717) is 18.2 Å². The highest BCUT2D eigenvalue weighted by Crippen LogP contribution is 2.21. The Balaban J connectivity index is 1.88. The van der Waals surface area contributed by atoms with Gasteiger partial charge in [0.25, 0.3) is 0 Å². The van der Waals surface area contributed by atoms with E-state index in [4.69, 9.17) is 5.11 Å². The zero-order valence-electron chi connectivity index (χ0n) is 10.6. The molecule has 104 valence electrons. The number of thioether (sulfide) groups is 1. The molecular formula is C12H16N2O3S2. The minimum atomic E-state index is -0.940. The number of rotatable bonds is 4. The van der Waals surface area contributed by atoms with Crippen molar-refractivity contribution in [2.75, 3.05) is 11.6 Å². The molecule has 19 heavy (non-hydrogen) atoms. The van der Waals surface area contributed by atoms with Crippen molar-refractivity contribution in [1.82, 2.24) is 10.2 Å². The topological polar surface area (TPSA) is 69.6 Å². The summed E-state index contributed by atoms with van der Waals surface area (Å²) in [6.45, 7) is 2.55. The lowest BCUT2D eigenvalue weighted by atomic mass is 10.3. The maximum atomic E-state index is 12.0. The molecule has 0 radical (unpaired) electrons. The van der Waals surface area contributed by atoms with Crippen molar-refractivity contribution in [3.63, 3.8) is 0 Å². The molecule has 0 spiro atoms. The number of aliphatic carboxylic acids is 1. The fourth-order valence-electron chi connectivity index (χ4n) is 1.82. The van der Waals surface area contributed by atoms with Crippen LogP contribution in [0.3, 0.4) is 0 Å². The predicted octanol–water partition coefficient (Wildman–Crippen LogP) is 1.98. The molecule has 2 heterocycles. The normalized spacial score (nSPS) is 18.6. The molecule has 1 aromatic rings. The van der Waals surface area contributed by atoms with E-state index in [9.17, 15) is 9.59 Å². The van der Waals surface area contributed by atoms with E-state index < -0.39 is 12.0 Å². The van der Waals surface area contributed by atoms with Gasteiger partial charge in [-0.1, -0.05) is 6.92 Å². The molecule has 0 aliphatic carbocycles. The van der Waals surface area contributed by atoms with Gasteiger partial charge < -0.3 is 15.3 Å². The summed E-state index contributed by atoms with van der Waals surface area (Å²) < 4.78 is 0. The molecule has 0 aromatic carbocycles. The Bertz CT molecular complexity index is 475. The standard InChI is InChI=1S/C12H16N2O3S2/c1-2-8-3-4-9(19-8)5-13-12(17)14-7-18-6-10(14)11(15)16/h3-4,10H,2,5-7H2,1H3,(H,13,17)(H,15,16). The Hall–Kier alpha value is -1.21. The number of nitrogens with one attached hydrogen (secondary N) is 1. The van der Waals surface area contributed by atoms with Gasteiger partial charge in [-0.2, -0.15) is 0 Å². The van der Waals surface area contributed by atoms with Gasteiger partial charge in [-0.05, 0) is 18.6 Å². The van der Waals surface area contributed by atoms with Crippen molar-refractivity contribution in [3.8, 4) is 0 Å². The highest BCUT2D eigenvalue weighted by atomic mass is 32.2. The van der Waals surface area contributed by atoms with Gasteiger partial charge in [-0.15, -0.1) is 23.1 Å². The third-order valence-corrected chi connectivity index (χ3v) is 5.15. The quantitative estimate of drug-likeness (QED) is 0.892. The van der Waals surface area contributed by atoms with Gasteiger partial charge in [-0.3, -0.25) is 0 Å². The highest BCUT2D eigenvalue weighted by molar-refractivity contribution is 7.99. The minimum absolute atomic E-state index is 0.302. The first-order valence-corrected chi connectivity index (χ1v) is 8.01. The Labute approximate surface area is 120 Å². The number of aryl methyl sites for hydroxylation is 1. The number of hydrogen-bond acceptors (Lipinski definition) is 4. The van der Waals surface area contributed by atoms with Crippen LogP contribution < -0.4 is 5.32 Å². The molecule has 0 bridgehead atoms. The van der Waals surface area contributed by atoms with Crippen molar-refractivity contribution < 1.29 is 14.7 Å². The van der Waals surface area contributed by atoms with E-state index in [1.54, 1.807) is 11.3 Å². The summed E-state index contributed by atoms with van der Waals surface area (Å²) in [7, 11) is 0. The van der Waals surface area contributed by atoms with Crippen molar-refractivity contribution in [1.29, 1.82) is 0 Å². The van der Waals surface area contributed by atoms with Crippen LogP contribution in [0.15, 0.2) is 12.1 Å². The van der Waals surface area contributed by atoms with E-state index in [1.807, 2.05) is 6.07 Å². The number of carbonyl (C=O) groups is 2. The molecule has 2 rings (SSSR count). The molecular weight excluding hydrogens is 284 g/mol. The molecule has 0 saturated carbocycles. The SMILES string of the molecule is CCc1ccc(CNC(=O)N2CSCC2C(=O)O)s1. The molecule has 1 fully saturated rings. The van der Waals surface area contributed by atoms with Gasteiger partial charge in [0.1, 0.15) is 6.04 Å². The molecule has 1 aliphatic heterocycles. The zero-order valence-corrected chi connectivity index (χ0v) is 12.2. The zero-order chi connectivity index (χ0) is 13.8. The first-order valence-electron chi connectivity index (χ1n) is 6.04. The number of carbonyl (C=O) groups excluding carboxylic acids is 1. The van der Waals surface area contributed by atoms with Crippen LogP contribution in [0.1, 0.15) is 16.7 Å². The van der Waals surface area contributed by atoms with Crippen molar-refractivity contribution in [3.05, 3.63) is 21.9 Å². The van der Waals surface area contributed by atoms with E-state index >= 15 is 0 Å². The molecule has 1 saturated heterocycles. The van der Waals surface area contributed by atoms with Gasteiger partial charge in [0.15, 0.2) is 0 Å². The van der Waals surface area contributed by atoms with Crippen LogP contribution >= 0.6 is 23.1 Å². The van der Waals surface area contributed by atoms with E-state index in [1.165, 1.54) is 21.5 Å². The van der Waals surface area contributed by atoms with Gasteiger partial charge in [-0.25, -0.2) is 9.59 Å². The number of carboxylic acids is 1. The molecule has 2 N–H and O–H groups in total. The Morgan fingerprint density at radius 1 is 1.47 bits per heavy atom. The van der Waals surface area contributed by atoms with Crippen LogP contribution in [0.2, 0.25) is 0 Å². The van der Waals surface area contributed by atoms with Crippen LogP contribution in [-0.4, -0.2) is 39.7 Å². The fraction of sp³-hybridized carbons (Fsp3) is 0.500. The number of nitrogens with zero attached hydrogens (tertiary/aromatic N) is 1. The van der Waals surface area contributed by atoms with Crippen LogP contribution in [0.5, 0.6) is 0 Å². The van der Waals surface area contributed by atoms with E-state index in [2.05, 4.69) is 18.3 Å². The molecule has 5 nitrogen and oxygen atoms in total. The summed E-state index contributed by atoms with van der Waals surface area (Å²) >= 11 is 3.13. The minimum Gasteiger partial charge on any atom is -0.480 e. The fourth-order valence-corrected chi connectivity index (χ4v) is 3.86. The predicted molar refractivity (Wildman–Crippen MR) is 76.5 cm³/mol. The average molecular weight is 300 g/mol. The van der Waals surface area contributed by atoms with Gasteiger partial charge >= 0.3 is 12.0 Å². The Morgan fingerprint density at radius 2 is 2.21 bits per heavy atom. The third-order valence-electron chi connectivity index (χ3n) is 2.91. The summed E-state index contributed by atoms with van der Waals surface area (Å²) in [5.41, 5.74) is 0. The Morgan fingerprint density at radius 3 is 2.84 bits per heavy atom. The first kappa shape index (κ1) is 14.2. The van der Waals surface area contributed by atoms with Crippen LogP contribution in [0.25, 0.3) is 0 Å². The molecule has 2 amide bonds. The van der Waals surface area contributed by atoms with Crippen molar-refractivity contribution in [2.45, 2.75) is 25.9 Å². The van der Waals surface area contributed by atoms with Gasteiger partial charge in [0, 0.05) is 15.5 Å². The number of amides is 2. The van der Waals surface area contributed by atoms with E-state index in [-0.39, 0.29) is 6.03 Å². The van der Waals surface area contributed by atoms with E-state index in [0.717, 1.165) is 11.3 Å². The lowest BCUT2D eigenvalue weighted by molar-refractivity contribution is -0.140. The lowest BCUT2D eigenvalue weighted by Gasteiger charge is -2.20. The summed E-state index contributed by atoms with van der Waals surface area (Å²) in [5.74, 6) is -0.0422. The third kappa shape index (κ3) is 3.42. The van der Waals surface area contributed by atoms with Crippen LogP contribution in [0, 0.1) is 0 Å². The maximum Gasteiger partial charge on any atom is 0.327 e. The Kier molecular flexibility index (Phi) is 4.71. The molecule has 1 aliphatic rings. The first-order chi connectivity index (χ1) is 9.11. The number of carboxylic acid groups (broad SMARTS) is 1. The summed E-state index contributed by atoms with van der Waals surface area (Å²) in [4.78, 5) is 26.7. The molecule has 7 heteroatoms. The number of thiophene rings is 1. The van der Waals surface area contributed by atoms with Crippen LogP contribution in [-0.2, 0) is 17.8 Å². The molecule has 1 atom stereocenters. The molecule has 1 unspecified atom stereocenters. The van der Waals surface area contributed by atoms with Crippen molar-refractivity contribution >= 4 is 35.1 Å². The lowest BCUT2D eigenvalue weighted by Crippen LogP contribution is -2.46. The maximum absolute atomic E-state index is 12.0. The second-order valence-electron chi connectivity index (χ2n) is 4.20. The average Bonchev–Trinajstić information content (AvgIpc) is 3.04. The monoisotopic (exact) mass is 300 g/mol. The second-order valence-corrected chi connectivity index (χ2v) is 6.46.